The van der Waals surface area contributed by atoms with Crippen LogP contribution in [-0.2, 0) is 5.33 Å². The summed E-state index contributed by atoms with van der Waals surface area (Å²) in [7, 11) is 0. The quantitative estimate of drug-likeness (QED) is 0.153. The number of hydrogen-bond donors (Lipinski definition) is 0. The topological polar surface area (TPSA) is 17.1 Å². The third-order valence-electron chi connectivity index (χ3n) is 4.94. The molecule has 0 unspecified atom stereocenters. The van der Waals surface area contributed by atoms with Crippen LogP contribution in [0, 0.1) is 0 Å². The molecule has 0 N–H and O–H groups in total. The number of halogens is 1. The number of alkyl halides is 1. The van der Waals surface area contributed by atoms with Crippen LogP contribution >= 0.6 is 15.9 Å². The largest absolute Gasteiger partial charge is 0.294 e. The number of carbonyl (C=O) groups excluding carboxylic acids is 1. The van der Waals surface area contributed by atoms with E-state index in [2.05, 4.69) is 22.9 Å². The Hall–Kier alpha value is -0.630. The van der Waals surface area contributed by atoms with Crippen LogP contribution in [0.25, 0.3) is 0 Å². The van der Waals surface area contributed by atoms with E-state index in [0.717, 1.165) is 17.3 Å². The molecule has 0 radical (unpaired) electrons. The highest BCUT2D eigenvalue weighted by Gasteiger charge is 2.05. The zero-order valence-corrected chi connectivity index (χ0v) is 17.8. The highest BCUT2D eigenvalue weighted by molar-refractivity contribution is 9.08. The van der Waals surface area contributed by atoms with Crippen LogP contribution < -0.4 is 0 Å². The van der Waals surface area contributed by atoms with E-state index in [1.54, 1.807) is 0 Å². The maximum Gasteiger partial charge on any atom is 0.162 e. The van der Waals surface area contributed by atoms with Gasteiger partial charge in [0, 0.05) is 17.3 Å². The maximum atomic E-state index is 12.1. The van der Waals surface area contributed by atoms with Crippen molar-refractivity contribution in [2.45, 2.75) is 102 Å². The molecule has 0 bridgehead atoms. The van der Waals surface area contributed by atoms with E-state index >= 15 is 0 Å². The van der Waals surface area contributed by atoms with E-state index in [4.69, 9.17) is 0 Å². The van der Waals surface area contributed by atoms with Gasteiger partial charge in [-0.05, 0) is 12.0 Å². The van der Waals surface area contributed by atoms with Gasteiger partial charge in [0.25, 0.3) is 0 Å². The van der Waals surface area contributed by atoms with Gasteiger partial charge in [-0.1, -0.05) is 124 Å². The van der Waals surface area contributed by atoms with Gasteiger partial charge < -0.3 is 0 Å². The van der Waals surface area contributed by atoms with E-state index in [0.29, 0.717) is 12.2 Å². The molecule has 0 aliphatic carbocycles. The summed E-state index contributed by atoms with van der Waals surface area (Å²) in [6, 6.07) is 7.99. The first-order valence-corrected chi connectivity index (χ1v) is 11.6. The van der Waals surface area contributed by atoms with E-state index in [9.17, 15) is 4.79 Å². The first-order chi connectivity index (χ1) is 12.3. The molecule has 0 amide bonds. The molecule has 0 atom stereocenters. The number of rotatable bonds is 16. The molecule has 1 rings (SSSR count). The first kappa shape index (κ1) is 22.4. The van der Waals surface area contributed by atoms with Gasteiger partial charge in [-0.15, -0.1) is 0 Å². The second kappa shape index (κ2) is 15.6. The number of unbranched alkanes of at least 4 members (excludes halogenated alkanes) is 12. The molecule has 0 saturated heterocycles. The maximum absolute atomic E-state index is 12.1. The van der Waals surface area contributed by atoms with Gasteiger partial charge in [-0.3, -0.25) is 4.79 Å². The van der Waals surface area contributed by atoms with Gasteiger partial charge in [0.1, 0.15) is 0 Å². The molecule has 0 saturated carbocycles. The van der Waals surface area contributed by atoms with E-state index in [1.165, 1.54) is 82.6 Å². The molecule has 1 nitrogen and oxygen atoms in total. The average Bonchev–Trinajstić information content (AvgIpc) is 2.65. The number of hydrogen-bond acceptors (Lipinski definition) is 1. The van der Waals surface area contributed by atoms with Crippen LogP contribution in [-0.4, -0.2) is 5.78 Å². The normalized spacial score (nSPS) is 11.0. The van der Waals surface area contributed by atoms with E-state index < -0.39 is 0 Å². The predicted molar refractivity (Wildman–Crippen MR) is 114 cm³/mol. The summed E-state index contributed by atoms with van der Waals surface area (Å²) in [6.45, 7) is 2.28. The molecule has 0 aliphatic rings. The van der Waals surface area contributed by atoms with Crippen LogP contribution in [0.1, 0.15) is 113 Å². The van der Waals surface area contributed by atoms with Gasteiger partial charge in [0.2, 0.25) is 0 Å². The summed E-state index contributed by atoms with van der Waals surface area (Å²) < 4.78 is 0. The highest BCUT2D eigenvalue weighted by atomic mass is 79.9. The third-order valence-corrected chi connectivity index (χ3v) is 5.59. The number of benzene rings is 1. The zero-order valence-electron chi connectivity index (χ0n) is 16.2. The molecule has 1 aromatic rings. The molecule has 0 fully saturated rings. The molecule has 2 heteroatoms. The minimum Gasteiger partial charge on any atom is -0.294 e. The monoisotopic (exact) mass is 408 g/mol. The zero-order chi connectivity index (χ0) is 18.2. The van der Waals surface area contributed by atoms with Crippen molar-refractivity contribution < 1.29 is 4.79 Å². The lowest BCUT2D eigenvalue weighted by atomic mass is 10.0. The van der Waals surface area contributed by atoms with Crippen LogP contribution in [0.2, 0.25) is 0 Å². The lowest BCUT2D eigenvalue weighted by Crippen LogP contribution is -1.99. The van der Waals surface area contributed by atoms with Crippen LogP contribution in [0.4, 0.5) is 0 Å². The standard InChI is InChI=1S/C23H37BrO/c1-2-3-4-5-6-7-8-9-10-11-12-13-14-15-23(25)22-18-16-21(20-24)17-19-22/h16-19H,2-15,20H2,1H3. The predicted octanol–water partition coefficient (Wildman–Crippen LogP) is 8.25. The molecule has 25 heavy (non-hydrogen) atoms. The van der Waals surface area contributed by atoms with Gasteiger partial charge >= 0.3 is 0 Å². The van der Waals surface area contributed by atoms with Crippen LogP contribution in [0.5, 0.6) is 0 Å². The Kier molecular flexibility index (Phi) is 14.0. The molecular formula is C23H37BrO. The SMILES string of the molecule is CCCCCCCCCCCCCCCC(=O)c1ccc(CBr)cc1. The summed E-state index contributed by atoms with van der Waals surface area (Å²) in [4.78, 5) is 12.1. The summed E-state index contributed by atoms with van der Waals surface area (Å²) in [6.07, 6.45) is 18.2. The second-order valence-electron chi connectivity index (χ2n) is 7.25. The van der Waals surface area contributed by atoms with Crippen molar-refractivity contribution >= 4 is 21.7 Å². The van der Waals surface area contributed by atoms with Crippen LogP contribution in [0.3, 0.4) is 0 Å². The van der Waals surface area contributed by atoms with Gasteiger partial charge in [-0.25, -0.2) is 0 Å². The minimum atomic E-state index is 0.296. The summed E-state index contributed by atoms with van der Waals surface area (Å²) >= 11 is 3.43. The first-order valence-electron chi connectivity index (χ1n) is 10.5. The Balaban J connectivity index is 1.90. The van der Waals surface area contributed by atoms with E-state index in [-0.39, 0.29) is 0 Å². The Morgan fingerprint density at radius 1 is 0.720 bits per heavy atom. The average molecular weight is 409 g/mol. The lowest BCUT2D eigenvalue weighted by molar-refractivity contribution is 0.0979. The Morgan fingerprint density at radius 2 is 1.16 bits per heavy atom. The Morgan fingerprint density at radius 3 is 1.60 bits per heavy atom. The lowest BCUT2D eigenvalue weighted by Gasteiger charge is -2.04. The van der Waals surface area contributed by atoms with Gasteiger partial charge in [-0.2, -0.15) is 0 Å². The van der Waals surface area contributed by atoms with Crippen molar-refractivity contribution in [2.75, 3.05) is 0 Å². The molecule has 0 heterocycles. The van der Waals surface area contributed by atoms with Gasteiger partial charge in [0.15, 0.2) is 5.78 Å². The Labute approximate surface area is 164 Å². The van der Waals surface area contributed by atoms with Crippen molar-refractivity contribution in [1.82, 2.24) is 0 Å². The fraction of sp³-hybridized carbons (Fsp3) is 0.696. The molecule has 0 aromatic heterocycles. The number of ketones is 1. The number of Topliss-reactive ketones (excluding diaryl/α,β-unsaturated/α-hetero) is 1. The summed E-state index contributed by atoms with van der Waals surface area (Å²) in [5.74, 6) is 0.296. The van der Waals surface area contributed by atoms with Crippen molar-refractivity contribution in [3.63, 3.8) is 0 Å². The van der Waals surface area contributed by atoms with E-state index in [1.807, 2.05) is 24.3 Å². The molecule has 0 spiro atoms. The molecular weight excluding hydrogens is 372 g/mol. The van der Waals surface area contributed by atoms with Crippen molar-refractivity contribution in [2.24, 2.45) is 0 Å². The highest BCUT2D eigenvalue weighted by Crippen LogP contribution is 2.15. The molecule has 1 aromatic carbocycles. The second-order valence-corrected chi connectivity index (χ2v) is 7.81. The number of carbonyl (C=O) groups is 1. The van der Waals surface area contributed by atoms with Crippen LogP contribution in [0.15, 0.2) is 24.3 Å². The smallest absolute Gasteiger partial charge is 0.162 e. The third kappa shape index (κ3) is 11.6. The van der Waals surface area contributed by atoms with Crippen molar-refractivity contribution in [1.29, 1.82) is 0 Å². The van der Waals surface area contributed by atoms with Crippen molar-refractivity contribution in [3.05, 3.63) is 35.4 Å². The fourth-order valence-electron chi connectivity index (χ4n) is 3.23. The minimum absolute atomic E-state index is 0.296. The summed E-state index contributed by atoms with van der Waals surface area (Å²) in [5, 5.41) is 0.848. The molecule has 0 aliphatic heterocycles. The fourth-order valence-corrected chi connectivity index (χ4v) is 3.60. The van der Waals surface area contributed by atoms with Gasteiger partial charge in [0.05, 0.1) is 0 Å². The van der Waals surface area contributed by atoms with Crippen molar-refractivity contribution in [3.8, 4) is 0 Å². The summed E-state index contributed by atoms with van der Waals surface area (Å²) in [5.41, 5.74) is 2.08. The Bertz CT molecular complexity index is 438. The molecule has 142 valence electrons.